The van der Waals surface area contributed by atoms with Gasteiger partial charge >= 0.3 is 12.1 Å². The van der Waals surface area contributed by atoms with Crippen LogP contribution in [0.15, 0.2) is 91.1 Å². The molecule has 0 aliphatic rings. The van der Waals surface area contributed by atoms with Gasteiger partial charge in [-0.3, -0.25) is 4.79 Å². The van der Waals surface area contributed by atoms with E-state index in [0.717, 1.165) is 27.6 Å². The topological polar surface area (TPSA) is 110 Å². The molecule has 8 heteroatoms. The molecule has 2 amide bonds. The van der Waals surface area contributed by atoms with Gasteiger partial charge in [0.1, 0.15) is 25.8 Å². The molecule has 1 heterocycles. The van der Waals surface area contributed by atoms with E-state index in [1.165, 1.54) is 0 Å². The monoisotopic (exact) mass is 485 g/mol. The van der Waals surface area contributed by atoms with Gasteiger partial charge in [-0.25, -0.2) is 9.59 Å². The van der Waals surface area contributed by atoms with Gasteiger partial charge in [-0.1, -0.05) is 78.9 Å². The van der Waals surface area contributed by atoms with Gasteiger partial charge < -0.3 is 25.1 Å². The largest absolute Gasteiger partial charge is 0.459 e. The van der Waals surface area contributed by atoms with E-state index >= 15 is 0 Å². The number of rotatable bonds is 10. The highest BCUT2D eigenvalue weighted by Crippen LogP contribution is 2.19. The van der Waals surface area contributed by atoms with Crippen molar-refractivity contribution in [3.05, 3.63) is 108 Å². The van der Waals surface area contributed by atoms with E-state index < -0.39 is 24.0 Å². The molecule has 0 radical (unpaired) electrons. The fraction of sp³-hybridized carbons (Fsp3) is 0.179. The molecule has 0 aliphatic carbocycles. The van der Waals surface area contributed by atoms with Gasteiger partial charge in [-0.15, -0.1) is 0 Å². The van der Waals surface area contributed by atoms with Crippen LogP contribution >= 0.6 is 0 Å². The van der Waals surface area contributed by atoms with Crippen LogP contribution in [0.2, 0.25) is 0 Å². The fourth-order valence-electron chi connectivity index (χ4n) is 3.71. The summed E-state index contributed by atoms with van der Waals surface area (Å²) >= 11 is 0. The van der Waals surface area contributed by atoms with Crippen LogP contribution in [0.5, 0.6) is 0 Å². The number of hydrogen-bond donors (Lipinski definition) is 3. The molecular formula is C28H27N3O5. The molecule has 3 N–H and O–H groups in total. The summed E-state index contributed by atoms with van der Waals surface area (Å²) in [6, 6.07) is 25.3. The van der Waals surface area contributed by atoms with Crippen LogP contribution in [0.25, 0.3) is 10.9 Å². The van der Waals surface area contributed by atoms with Gasteiger partial charge in [0.2, 0.25) is 5.91 Å². The Kier molecular flexibility index (Phi) is 8.32. The predicted molar refractivity (Wildman–Crippen MR) is 135 cm³/mol. The average molecular weight is 486 g/mol. The van der Waals surface area contributed by atoms with E-state index in [2.05, 4.69) is 15.6 Å². The number of H-pyrrole nitrogens is 1. The van der Waals surface area contributed by atoms with Crippen LogP contribution in [0, 0.1) is 0 Å². The number of fused-ring (bicyclic) bond motifs is 1. The molecule has 0 spiro atoms. The van der Waals surface area contributed by atoms with Crippen LogP contribution in [0.4, 0.5) is 4.79 Å². The van der Waals surface area contributed by atoms with Crippen molar-refractivity contribution in [3.8, 4) is 0 Å². The van der Waals surface area contributed by atoms with Crippen molar-refractivity contribution in [2.75, 3.05) is 6.54 Å². The van der Waals surface area contributed by atoms with Gasteiger partial charge in [0.25, 0.3) is 0 Å². The first kappa shape index (κ1) is 24.5. The number of hydrogen-bond acceptors (Lipinski definition) is 5. The first-order valence-electron chi connectivity index (χ1n) is 11.6. The van der Waals surface area contributed by atoms with Crippen molar-refractivity contribution in [2.45, 2.75) is 25.7 Å². The molecule has 4 rings (SSSR count). The fourth-order valence-corrected chi connectivity index (χ4v) is 3.71. The number of esters is 1. The van der Waals surface area contributed by atoms with Crippen LogP contribution in [-0.2, 0) is 38.7 Å². The van der Waals surface area contributed by atoms with Crippen molar-refractivity contribution < 1.29 is 23.9 Å². The van der Waals surface area contributed by atoms with Gasteiger partial charge in [-0.2, -0.15) is 0 Å². The Bertz CT molecular complexity index is 1300. The molecular weight excluding hydrogens is 458 g/mol. The second kappa shape index (κ2) is 12.2. The second-order valence-electron chi connectivity index (χ2n) is 8.19. The van der Waals surface area contributed by atoms with Gasteiger partial charge in [0, 0.05) is 23.5 Å². The molecule has 0 saturated carbocycles. The van der Waals surface area contributed by atoms with Crippen molar-refractivity contribution in [1.82, 2.24) is 15.6 Å². The lowest BCUT2D eigenvalue weighted by atomic mass is 10.0. The molecule has 1 aromatic heterocycles. The summed E-state index contributed by atoms with van der Waals surface area (Å²) in [5.41, 5.74) is 3.46. The van der Waals surface area contributed by atoms with Crippen molar-refractivity contribution in [3.63, 3.8) is 0 Å². The second-order valence-corrected chi connectivity index (χ2v) is 8.19. The van der Waals surface area contributed by atoms with E-state index in [1.807, 2.05) is 91.1 Å². The smallest absolute Gasteiger partial charge is 0.407 e. The Morgan fingerprint density at radius 1 is 0.778 bits per heavy atom. The van der Waals surface area contributed by atoms with E-state index in [-0.39, 0.29) is 26.2 Å². The SMILES string of the molecule is O=C(CNC(=O)OCc1ccccc1)NC(Cc1c[nH]c2ccccc12)C(=O)OCc1ccccc1. The minimum Gasteiger partial charge on any atom is -0.459 e. The summed E-state index contributed by atoms with van der Waals surface area (Å²) in [5.74, 6) is -1.10. The quantitative estimate of drug-likeness (QED) is 0.296. The molecule has 0 bridgehead atoms. The first-order chi connectivity index (χ1) is 17.6. The third kappa shape index (κ3) is 6.96. The van der Waals surface area contributed by atoms with Crippen molar-refractivity contribution in [1.29, 1.82) is 0 Å². The van der Waals surface area contributed by atoms with Crippen LogP contribution in [0.3, 0.4) is 0 Å². The van der Waals surface area contributed by atoms with Crippen molar-refractivity contribution in [2.24, 2.45) is 0 Å². The number of aromatic amines is 1. The number of nitrogens with one attached hydrogen (secondary N) is 3. The van der Waals surface area contributed by atoms with Crippen LogP contribution < -0.4 is 10.6 Å². The maximum absolute atomic E-state index is 13.0. The predicted octanol–water partition coefficient (Wildman–Crippen LogP) is 3.87. The van der Waals surface area contributed by atoms with Crippen LogP contribution in [0.1, 0.15) is 16.7 Å². The standard InChI is InChI=1S/C28H27N3O5/c32-26(17-30-28(34)36-19-21-11-5-2-6-12-21)31-25(27(33)35-18-20-9-3-1-4-10-20)15-22-16-29-24-14-8-7-13-23(22)24/h1-14,16,25,29H,15,17-19H2,(H,30,34)(H,31,32). The molecule has 184 valence electrons. The summed E-state index contributed by atoms with van der Waals surface area (Å²) in [5, 5.41) is 6.05. The van der Waals surface area contributed by atoms with E-state index in [0.29, 0.717) is 0 Å². The third-order valence-electron chi connectivity index (χ3n) is 5.55. The van der Waals surface area contributed by atoms with E-state index in [4.69, 9.17) is 9.47 Å². The zero-order valence-corrected chi connectivity index (χ0v) is 19.6. The van der Waals surface area contributed by atoms with Crippen molar-refractivity contribution >= 4 is 28.9 Å². The van der Waals surface area contributed by atoms with Gasteiger partial charge in [0.05, 0.1) is 0 Å². The summed E-state index contributed by atoms with van der Waals surface area (Å²) < 4.78 is 10.6. The number of ether oxygens (including phenoxy) is 2. The average Bonchev–Trinajstić information content (AvgIpc) is 3.33. The summed E-state index contributed by atoms with van der Waals surface area (Å²) in [6.07, 6.45) is 1.31. The molecule has 0 saturated heterocycles. The zero-order valence-electron chi connectivity index (χ0n) is 19.6. The summed E-state index contributed by atoms with van der Waals surface area (Å²) in [4.78, 5) is 40.7. The van der Waals surface area contributed by atoms with Gasteiger partial charge in [-0.05, 0) is 22.8 Å². The van der Waals surface area contributed by atoms with Crippen LogP contribution in [-0.4, -0.2) is 35.5 Å². The molecule has 0 fully saturated rings. The number of para-hydroxylation sites is 1. The molecule has 0 aliphatic heterocycles. The minimum absolute atomic E-state index is 0.0866. The normalized spacial score (nSPS) is 11.4. The van der Waals surface area contributed by atoms with Gasteiger partial charge in [0.15, 0.2) is 0 Å². The Hall–Kier alpha value is -4.59. The summed E-state index contributed by atoms with van der Waals surface area (Å²) in [6.45, 7) is -0.169. The highest BCUT2D eigenvalue weighted by Gasteiger charge is 2.24. The lowest BCUT2D eigenvalue weighted by Gasteiger charge is -2.18. The molecule has 8 nitrogen and oxygen atoms in total. The number of alkyl carbamates (subject to hydrolysis) is 1. The Balaban J connectivity index is 1.36. The highest BCUT2D eigenvalue weighted by atomic mass is 16.5. The Morgan fingerprint density at radius 2 is 1.39 bits per heavy atom. The number of carbonyl (C=O) groups is 3. The maximum Gasteiger partial charge on any atom is 0.407 e. The summed E-state index contributed by atoms with van der Waals surface area (Å²) in [7, 11) is 0. The zero-order chi connectivity index (χ0) is 25.2. The number of benzene rings is 3. The number of aromatic nitrogens is 1. The molecule has 4 aromatic rings. The highest BCUT2D eigenvalue weighted by molar-refractivity contribution is 5.89. The lowest BCUT2D eigenvalue weighted by molar-refractivity contribution is -0.149. The number of carbonyl (C=O) groups excluding carboxylic acids is 3. The molecule has 1 unspecified atom stereocenters. The minimum atomic E-state index is -0.942. The maximum atomic E-state index is 13.0. The Labute approximate surface area is 208 Å². The lowest BCUT2D eigenvalue weighted by Crippen LogP contribution is -2.47. The van der Waals surface area contributed by atoms with E-state index in [1.54, 1.807) is 0 Å². The first-order valence-corrected chi connectivity index (χ1v) is 11.6. The molecule has 36 heavy (non-hydrogen) atoms. The third-order valence-corrected chi connectivity index (χ3v) is 5.55. The molecule has 3 aromatic carbocycles. The molecule has 1 atom stereocenters. The van der Waals surface area contributed by atoms with E-state index in [9.17, 15) is 14.4 Å². The Morgan fingerprint density at radius 3 is 2.08 bits per heavy atom. The number of amides is 2.